The average molecular weight is 261 g/mol. The Morgan fingerprint density at radius 3 is 2.58 bits per heavy atom. The predicted octanol–water partition coefficient (Wildman–Crippen LogP) is 0.617. The van der Waals surface area contributed by atoms with Crippen LogP contribution in [0.25, 0.3) is 0 Å². The second-order valence-corrected chi connectivity index (χ2v) is 6.64. The standard InChI is InChI=1S/C14H22BN2O2/c1-7-6-14(4)12(17(15)8(7)2)10-11(19-14)9(3)16(5)13(10)18/h6-12H,1-5H3. The van der Waals surface area contributed by atoms with Crippen LogP contribution in [0.1, 0.15) is 27.7 Å². The molecule has 3 heterocycles. The largest absolute Gasteiger partial charge is 0.367 e. The van der Waals surface area contributed by atoms with Gasteiger partial charge >= 0.3 is 0 Å². The van der Waals surface area contributed by atoms with Gasteiger partial charge in [0.25, 0.3) is 0 Å². The molecule has 5 heteroatoms. The predicted molar refractivity (Wildman–Crippen MR) is 73.3 cm³/mol. The summed E-state index contributed by atoms with van der Waals surface area (Å²) in [5.74, 6) is 0.381. The van der Waals surface area contributed by atoms with Gasteiger partial charge in [0.1, 0.15) is 0 Å². The third-order valence-corrected chi connectivity index (χ3v) is 5.54. The van der Waals surface area contributed by atoms with E-state index in [2.05, 4.69) is 34.1 Å². The van der Waals surface area contributed by atoms with Crippen molar-refractivity contribution in [1.29, 1.82) is 0 Å². The minimum absolute atomic E-state index is 0.0488. The molecule has 0 aromatic rings. The van der Waals surface area contributed by atoms with E-state index in [0.29, 0.717) is 5.92 Å². The molecule has 3 rings (SSSR count). The Kier molecular flexibility index (Phi) is 2.82. The van der Waals surface area contributed by atoms with Gasteiger partial charge in [-0.2, -0.15) is 0 Å². The van der Waals surface area contributed by atoms with Crippen molar-refractivity contribution in [2.24, 2.45) is 11.8 Å². The van der Waals surface area contributed by atoms with Crippen LogP contribution >= 0.6 is 0 Å². The molecule has 1 amide bonds. The monoisotopic (exact) mass is 261 g/mol. The minimum atomic E-state index is -0.415. The maximum Gasteiger partial charge on any atom is 0.230 e. The van der Waals surface area contributed by atoms with Gasteiger partial charge in [0, 0.05) is 13.1 Å². The summed E-state index contributed by atoms with van der Waals surface area (Å²) in [6.45, 7) is 8.39. The number of amides is 1. The fourth-order valence-corrected chi connectivity index (χ4v) is 4.11. The molecule has 0 aromatic heterocycles. The third-order valence-electron chi connectivity index (χ3n) is 5.54. The van der Waals surface area contributed by atoms with E-state index in [-0.39, 0.29) is 36.1 Å². The summed E-state index contributed by atoms with van der Waals surface area (Å²) in [7, 11) is 8.16. The third kappa shape index (κ3) is 1.57. The molecule has 103 valence electrons. The Balaban J connectivity index is 1.99. The summed E-state index contributed by atoms with van der Waals surface area (Å²) in [6.07, 6.45) is 2.19. The number of carbonyl (C=O) groups is 1. The van der Waals surface area contributed by atoms with Gasteiger partial charge in [0.2, 0.25) is 5.91 Å². The Labute approximate surface area is 116 Å². The zero-order chi connectivity index (χ0) is 14.1. The number of hydrogen-bond acceptors (Lipinski definition) is 3. The normalized spacial score (nSPS) is 54.4. The second-order valence-electron chi connectivity index (χ2n) is 6.64. The van der Waals surface area contributed by atoms with Crippen LogP contribution in [-0.2, 0) is 9.53 Å². The van der Waals surface area contributed by atoms with Crippen LogP contribution in [0.2, 0.25) is 0 Å². The van der Waals surface area contributed by atoms with Crippen LogP contribution in [0, 0.1) is 18.3 Å². The van der Waals surface area contributed by atoms with Crippen LogP contribution in [0.4, 0.5) is 0 Å². The molecule has 3 saturated heterocycles. The number of hydrogen-bond donors (Lipinski definition) is 0. The molecule has 0 saturated carbocycles. The van der Waals surface area contributed by atoms with E-state index < -0.39 is 5.60 Å². The molecule has 0 N–H and O–H groups in total. The van der Waals surface area contributed by atoms with Crippen molar-refractivity contribution in [3.05, 3.63) is 6.42 Å². The number of likely N-dealkylation sites (tertiary alicyclic amines) is 1. The Morgan fingerprint density at radius 1 is 1.32 bits per heavy atom. The molecule has 3 aliphatic heterocycles. The highest BCUT2D eigenvalue weighted by atomic mass is 16.5. The van der Waals surface area contributed by atoms with Gasteiger partial charge in [0.15, 0.2) is 7.98 Å². The summed E-state index contributed by atoms with van der Waals surface area (Å²) in [6, 6.07) is 0.297. The number of likely N-dealkylation sites (N-methyl/N-ethyl adjacent to an activating group) is 1. The van der Waals surface area contributed by atoms with Crippen molar-refractivity contribution in [2.45, 2.75) is 57.5 Å². The molecule has 3 fully saturated rings. The summed E-state index contributed by atoms with van der Waals surface area (Å²) < 4.78 is 6.28. The number of nitrogens with zero attached hydrogens (tertiary/aromatic N) is 2. The lowest BCUT2D eigenvalue weighted by atomic mass is 9.72. The molecular formula is C14H22BN2O2. The van der Waals surface area contributed by atoms with Crippen LogP contribution in [-0.4, -0.2) is 60.5 Å². The van der Waals surface area contributed by atoms with Gasteiger partial charge in [-0.15, -0.1) is 0 Å². The number of ether oxygens (including phenoxy) is 1. The van der Waals surface area contributed by atoms with E-state index in [4.69, 9.17) is 12.7 Å². The molecule has 7 atom stereocenters. The molecule has 0 aromatic carbocycles. The highest BCUT2D eigenvalue weighted by Gasteiger charge is 2.64. The number of piperidine rings is 1. The van der Waals surface area contributed by atoms with Crippen LogP contribution < -0.4 is 0 Å². The molecule has 4 nitrogen and oxygen atoms in total. The van der Waals surface area contributed by atoms with Gasteiger partial charge < -0.3 is 14.4 Å². The second kappa shape index (κ2) is 3.98. The van der Waals surface area contributed by atoms with E-state index >= 15 is 0 Å². The zero-order valence-electron chi connectivity index (χ0n) is 12.3. The lowest BCUT2D eigenvalue weighted by molar-refractivity contribution is -0.133. The quantitative estimate of drug-likeness (QED) is 0.599. The SMILES string of the molecule is [B]N1C(C)C(C)[CH]C2(C)OC3C(C(=O)N(C)C3C)C12. The van der Waals surface area contributed by atoms with E-state index in [1.807, 2.05) is 11.9 Å². The van der Waals surface area contributed by atoms with Gasteiger partial charge in [-0.3, -0.25) is 4.79 Å². The van der Waals surface area contributed by atoms with Gasteiger partial charge in [0.05, 0.1) is 23.7 Å². The number of fused-ring (bicyclic) bond motifs is 3. The lowest BCUT2D eigenvalue weighted by Crippen LogP contribution is -2.61. The topological polar surface area (TPSA) is 32.8 Å². The van der Waals surface area contributed by atoms with Gasteiger partial charge in [-0.25, -0.2) is 0 Å². The van der Waals surface area contributed by atoms with E-state index in [1.54, 1.807) is 4.90 Å². The number of carbonyl (C=O) groups excluding carboxylic acids is 1. The summed E-state index contributed by atoms with van der Waals surface area (Å²) in [5, 5.41) is 0. The van der Waals surface area contributed by atoms with Crippen molar-refractivity contribution in [3.8, 4) is 0 Å². The van der Waals surface area contributed by atoms with E-state index in [1.165, 1.54) is 0 Å². The molecule has 0 bridgehead atoms. The van der Waals surface area contributed by atoms with Crippen molar-refractivity contribution in [1.82, 2.24) is 9.71 Å². The van der Waals surface area contributed by atoms with Gasteiger partial charge in [-0.05, 0) is 32.2 Å². The highest BCUT2D eigenvalue weighted by Crippen LogP contribution is 2.50. The first-order valence-electron chi connectivity index (χ1n) is 7.11. The average Bonchev–Trinajstić information content (AvgIpc) is 2.75. The fraction of sp³-hybridized carbons (Fsp3) is 0.857. The maximum absolute atomic E-state index is 12.5. The van der Waals surface area contributed by atoms with Crippen LogP contribution in [0.15, 0.2) is 0 Å². The van der Waals surface area contributed by atoms with Crippen molar-refractivity contribution >= 4 is 13.9 Å². The summed E-state index contributed by atoms with van der Waals surface area (Å²) in [5.41, 5.74) is -0.415. The zero-order valence-corrected chi connectivity index (χ0v) is 12.3. The van der Waals surface area contributed by atoms with E-state index in [9.17, 15) is 4.79 Å². The smallest absolute Gasteiger partial charge is 0.230 e. The first-order valence-corrected chi connectivity index (χ1v) is 7.11. The molecule has 0 aliphatic carbocycles. The Hall–Kier alpha value is -0.545. The van der Waals surface area contributed by atoms with Crippen LogP contribution in [0.5, 0.6) is 0 Å². The van der Waals surface area contributed by atoms with Gasteiger partial charge in [-0.1, -0.05) is 13.8 Å². The molecule has 0 spiro atoms. The van der Waals surface area contributed by atoms with Crippen LogP contribution in [0.3, 0.4) is 0 Å². The first-order chi connectivity index (χ1) is 8.78. The molecule has 7 unspecified atom stereocenters. The Bertz CT molecular complexity index is 418. The summed E-state index contributed by atoms with van der Waals surface area (Å²) >= 11 is 0. The van der Waals surface area contributed by atoms with Crippen molar-refractivity contribution < 1.29 is 9.53 Å². The van der Waals surface area contributed by atoms with Crippen molar-refractivity contribution in [3.63, 3.8) is 0 Å². The maximum atomic E-state index is 12.5. The minimum Gasteiger partial charge on any atom is -0.367 e. The molecular weight excluding hydrogens is 239 g/mol. The van der Waals surface area contributed by atoms with Crippen molar-refractivity contribution in [2.75, 3.05) is 7.05 Å². The summed E-state index contributed by atoms with van der Waals surface area (Å²) in [4.78, 5) is 16.1. The van der Waals surface area contributed by atoms with E-state index in [0.717, 1.165) is 0 Å². The lowest BCUT2D eigenvalue weighted by Gasteiger charge is -2.50. The number of rotatable bonds is 0. The molecule has 3 aliphatic rings. The fourth-order valence-electron chi connectivity index (χ4n) is 4.11. The molecule has 19 heavy (non-hydrogen) atoms. The highest BCUT2D eigenvalue weighted by molar-refractivity contribution is 6.05. The first kappa shape index (κ1) is 13.4. The molecule has 3 radical (unpaired) electrons. The Morgan fingerprint density at radius 2 is 1.95 bits per heavy atom.